The smallest absolute Gasteiger partial charge is 0.230 e. The Morgan fingerprint density at radius 3 is 2.72 bits per heavy atom. The van der Waals surface area contributed by atoms with Crippen molar-refractivity contribution >= 4 is 11.6 Å². The molecule has 4 nitrogen and oxygen atoms in total. The fourth-order valence-electron chi connectivity index (χ4n) is 2.45. The quantitative estimate of drug-likeness (QED) is 0.872. The molecule has 4 heteroatoms. The molecule has 2 heterocycles. The van der Waals surface area contributed by atoms with Gasteiger partial charge in [0, 0.05) is 36.2 Å². The van der Waals surface area contributed by atoms with Gasteiger partial charge in [0.15, 0.2) is 0 Å². The van der Waals surface area contributed by atoms with E-state index in [0.717, 1.165) is 17.9 Å². The van der Waals surface area contributed by atoms with Crippen LogP contribution >= 0.6 is 0 Å². The minimum absolute atomic E-state index is 0.395. The molecule has 0 fully saturated rings. The number of aromatic nitrogens is 2. The molecule has 1 atom stereocenters. The van der Waals surface area contributed by atoms with Crippen molar-refractivity contribution < 1.29 is 0 Å². The summed E-state index contributed by atoms with van der Waals surface area (Å²) in [6, 6.07) is 8.82. The van der Waals surface area contributed by atoms with Crippen LogP contribution in [0, 0.1) is 0 Å². The van der Waals surface area contributed by atoms with E-state index in [4.69, 9.17) is 5.73 Å². The molecule has 1 aliphatic heterocycles. The molecule has 0 amide bonds. The molecule has 18 heavy (non-hydrogen) atoms. The second-order valence-electron chi connectivity index (χ2n) is 4.65. The summed E-state index contributed by atoms with van der Waals surface area (Å²) in [5.74, 6) is 0.754. The lowest BCUT2D eigenvalue weighted by Gasteiger charge is -2.22. The van der Waals surface area contributed by atoms with E-state index in [1.165, 1.54) is 11.3 Å². The normalized spacial score (nSPS) is 17.9. The zero-order chi connectivity index (χ0) is 12.5. The summed E-state index contributed by atoms with van der Waals surface area (Å²) in [6.45, 7) is 2.67. The van der Waals surface area contributed by atoms with Crippen molar-refractivity contribution in [1.82, 2.24) is 9.97 Å². The van der Waals surface area contributed by atoms with Gasteiger partial charge in [-0.2, -0.15) is 0 Å². The first-order valence-electron chi connectivity index (χ1n) is 6.17. The summed E-state index contributed by atoms with van der Waals surface area (Å²) in [7, 11) is 0. The van der Waals surface area contributed by atoms with Crippen molar-refractivity contribution in [1.29, 1.82) is 0 Å². The molecule has 1 unspecified atom stereocenters. The van der Waals surface area contributed by atoms with Gasteiger partial charge in [-0.05, 0) is 25.0 Å². The zero-order valence-corrected chi connectivity index (χ0v) is 10.4. The first-order chi connectivity index (χ1) is 8.79. The van der Waals surface area contributed by atoms with Crippen LogP contribution in [0.5, 0.6) is 0 Å². The molecule has 1 aliphatic rings. The topological polar surface area (TPSA) is 55.0 Å². The minimum Gasteiger partial charge on any atom is -0.326 e. The third kappa shape index (κ3) is 1.75. The Bertz CT molecular complexity index is 550. The van der Waals surface area contributed by atoms with Gasteiger partial charge in [-0.3, -0.25) is 0 Å². The Balaban J connectivity index is 2.00. The van der Waals surface area contributed by atoms with Crippen LogP contribution in [-0.2, 0) is 13.0 Å². The van der Waals surface area contributed by atoms with E-state index in [9.17, 15) is 0 Å². The fraction of sp³-hybridized carbons (Fsp3) is 0.286. The van der Waals surface area contributed by atoms with Crippen molar-refractivity contribution in [3.05, 3.63) is 47.8 Å². The van der Waals surface area contributed by atoms with E-state index in [2.05, 4.69) is 46.1 Å². The van der Waals surface area contributed by atoms with Gasteiger partial charge in [0.25, 0.3) is 0 Å². The van der Waals surface area contributed by atoms with Crippen LogP contribution in [0.3, 0.4) is 0 Å². The number of hydrogen-bond acceptors (Lipinski definition) is 4. The van der Waals surface area contributed by atoms with Crippen LogP contribution in [-0.4, -0.2) is 16.0 Å². The van der Waals surface area contributed by atoms with Crippen LogP contribution in [0.1, 0.15) is 18.1 Å². The van der Waals surface area contributed by atoms with Gasteiger partial charge in [0.1, 0.15) is 0 Å². The molecule has 3 rings (SSSR count). The van der Waals surface area contributed by atoms with Crippen LogP contribution in [0.4, 0.5) is 11.6 Å². The molecule has 0 bridgehead atoms. The van der Waals surface area contributed by atoms with E-state index in [0.29, 0.717) is 12.6 Å². The molecule has 0 aliphatic carbocycles. The third-order valence-corrected chi connectivity index (χ3v) is 3.35. The van der Waals surface area contributed by atoms with Gasteiger partial charge in [0.2, 0.25) is 5.95 Å². The van der Waals surface area contributed by atoms with Gasteiger partial charge in [0.05, 0.1) is 0 Å². The van der Waals surface area contributed by atoms with Gasteiger partial charge < -0.3 is 10.6 Å². The summed E-state index contributed by atoms with van der Waals surface area (Å²) < 4.78 is 0. The van der Waals surface area contributed by atoms with Crippen LogP contribution in [0.25, 0.3) is 0 Å². The number of benzene rings is 1. The number of nitrogens with zero attached hydrogens (tertiary/aromatic N) is 3. The summed E-state index contributed by atoms with van der Waals surface area (Å²) in [5, 5.41) is 0. The van der Waals surface area contributed by atoms with Gasteiger partial charge in [-0.1, -0.05) is 18.2 Å². The first kappa shape index (κ1) is 11.2. The Morgan fingerprint density at radius 1 is 1.28 bits per heavy atom. The maximum absolute atomic E-state index is 5.56. The molecule has 2 aromatic rings. The standard InChI is InChI=1S/C14H16N4/c1-10-6-12-4-2-3-5-13(12)18(10)14-16-8-11(7-15)9-17-14/h2-5,8-10H,6-7,15H2,1H3. The van der Waals surface area contributed by atoms with E-state index in [-0.39, 0.29) is 0 Å². The average molecular weight is 240 g/mol. The van der Waals surface area contributed by atoms with Gasteiger partial charge >= 0.3 is 0 Å². The molecule has 0 spiro atoms. The highest BCUT2D eigenvalue weighted by Crippen LogP contribution is 2.35. The van der Waals surface area contributed by atoms with Crippen molar-refractivity contribution in [3.63, 3.8) is 0 Å². The molecule has 0 saturated heterocycles. The van der Waals surface area contributed by atoms with Crippen molar-refractivity contribution in [2.75, 3.05) is 4.90 Å². The Kier molecular flexibility index (Phi) is 2.72. The molecule has 2 N–H and O–H groups in total. The number of hydrogen-bond donors (Lipinski definition) is 1. The maximum atomic E-state index is 5.56. The molecule has 0 saturated carbocycles. The Hall–Kier alpha value is -1.94. The number of para-hydroxylation sites is 1. The van der Waals surface area contributed by atoms with Crippen LogP contribution in [0.2, 0.25) is 0 Å². The van der Waals surface area contributed by atoms with E-state index >= 15 is 0 Å². The SMILES string of the molecule is CC1Cc2ccccc2N1c1ncc(CN)cn1. The number of rotatable bonds is 2. The number of nitrogens with two attached hydrogens (primary N) is 1. The summed E-state index contributed by atoms with van der Waals surface area (Å²) in [4.78, 5) is 11.0. The van der Waals surface area contributed by atoms with Crippen LogP contribution < -0.4 is 10.6 Å². The van der Waals surface area contributed by atoms with E-state index in [1.54, 1.807) is 12.4 Å². The second kappa shape index (κ2) is 4.38. The zero-order valence-electron chi connectivity index (χ0n) is 10.4. The van der Waals surface area contributed by atoms with Gasteiger partial charge in [-0.15, -0.1) is 0 Å². The first-order valence-corrected chi connectivity index (χ1v) is 6.17. The highest BCUT2D eigenvalue weighted by Gasteiger charge is 2.28. The third-order valence-electron chi connectivity index (χ3n) is 3.35. The second-order valence-corrected chi connectivity index (χ2v) is 4.65. The lowest BCUT2D eigenvalue weighted by atomic mass is 10.1. The monoisotopic (exact) mass is 240 g/mol. The van der Waals surface area contributed by atoms with Gasteiger partial charge in [-0.25, -0.2) is 9.97 Å². The lowest BCUT2D eigenvalue weighted by molar-refractivity contribution is 0.738. The molecule has 1 aromatic heterocycles. The van der Waals surface area contributed by atoms with Crippen LogP contribution in [0.15, 0.2) is 36.7 Å². The number of anilines is 2. The molecular weight excluding hydrogens is 224 g/mol. The lowest BCUT2D eigenvalue weighted by Crippen LogP contribution is -2.25. The molecule has 92 valence electrons. The predicted octanol–water partition coefficient (Wildman–Crippen LogP) is 2.02. The van der Waals surface area contributed by atoms with E-state index < -0.39 is 0 Å². The maximum Gasteiger partial charge on any atom is 0.230 e. The summed E-state index contributed by atoms with van der Waals surface area (Å²) >= 11 is 0. The Labute approximate surface area is 106 Å². The predicted molar refractivity (Wildman–Crippen MR) is 71.7 cm³/mol. The molecular formula is C14H16N4. The van der Waals surface area contributed by atoms with Crippen molar-refractivity contribution in [2.24, 2.45) is 5.73 Å². The van der Waals surface area contributed by atoms with Crippen molar-refractivity contribution in [3.8, 4) is 0 Å². The highest BCUT2D eigenvalue weighted by atomic mass is 15.3. The average Bonchev–Trinajstić information content (AvgIpc) is 2.75. The number of fused-ring (bicyclic) bond motifs is 1. The van der Waals surface area contributed by atoms with E-state index in [1.807, 2.05) is 0 Å². The molecule has 0 radical (unpaired) electrons. The summed E-state index contributed by atoms with van der Waals surface area (Å²) in [6.07, 6.45) is 4.64. The summed E-state index contributed by atoms with van der Waals surface area (Å²) in [5.41, 5.74) is 9.09. The Morgan fingerprint density at radius 2 is 2.00 bits per heavy atom. The highest BCUT2D eigenvalue weighted by molar-refractivity contribution is 5.66. The van der Waals surface area contributed by atoms with Crippen molar-refractivity contribution in [2.45, 2.75) is 25.9 Å². The fourth-order valence-corrected chi connectivity index (χ4v) is 2.45. The molecule has 1 aromatic carbocycles. The minimum atomic E-state index is 0.395. The largest absolute Gasteiger partial charge is 0.326 e.